The average Bonchev–Trinajstić information content (AvgIpc) is 3.30. The lowest BCUT2D eigenvalue weighted by atomic mass is 10.1. The minimum absolute atomic E-state index is 0.0153. The van der Waals surface area contributed by atoms with Crippen LogP contribution in [0.3, 0.4) is 0 Å². The summed E-state index contributed by atoms with van der Waals surface area (Å²) in [6.07, 6.45) is -3.40. The lowest BCUT2D eigenvalue weighted by molar-refractivity contribution is -0.165. The second kappa shape index (κ2) is 8.70. The number of alkyl halides is 3. The number of hydrogen-bond acceptors (Lipinski definition) is 5. The Morgan fingerprint density at radius 2 is 1.69 bits per heavy atom. The van der Waals surface area contributed by atoms with Gasteiger partial charge in [0.15, 0.2) is 0 Å². The van der Waals surface area contributed by atoms with Crippen molar-refractivity contribution in [2.75, 3.05) is 6.26 Å². The molecule has 1 unspecified atom stereocenters. The molecule has 0 radical (unpaired) electrons. The zero-order valence-corrected chi connectivity index (χ0v) is 20.8. The molecule has 4 aromatic rings. The van der Waals surface area contributed by atoms with Crippen molar-refractivity contribution in [3.05, 3.63) is 63.4 Å². The van der Waals surface area contributed by atoms with E-state index in [0.29, 0.717) is 27.0 Å². The zero-order valence-electron chi connectivity index (χ0n) is 17.7. The third-order valence-corrected chi connectivity index (χ3v) is 7.47. The van der Waals surface area contributed by atoms with Gasteiger partial charge in [-0.1, -0.05) is 46.9 Å². The Morgan fingerprint density at radius 3 is 2.26 bits per heavy atom. The van der Waals surface area contributed by atoms with Gasteiger partial charge in [-0.15, -0.1) is 10.2 Å². The number of halogens is 6. The van der Waals surface area contributed by atoms with Gasteiger partial charge in [0.1, 0.15) is 17.4 Å². The average molecular weight is 562 g/mol. The van der Waals surface area contributed by atoms with Gasteiger partial charge in [0.05, 0.1) is 10.7 Å². The molecule has 0 saturated heterocycles. The summed E-state index contributed by atoms with van der Waals surface area (Å²) in [5, 5.41) is 13.2. The minimum Gasteiger partial charge on any atom is -0.612 e. The number of benzene rings is 2. The quantitative estimate of drug-likeness (QED) is 0.248. The van der Waals surface area contributed by atoms with E-state index in [0.717, 1.165) is 0 Å². The largest absolute Gasteiger partial charge is 0.612 e. The number of aromatic nitrogens is 4. The first kappa shape index (κ1) is 24.5. The van der Waals surface area contributed by atoms with Crippen molar-refractivity contribution in [1.82, 2.24) is 20.0 Å². The molecule has 182 valence electrons. The highest BCUT2D eigenvalue weighted by Gasteiger charge is 2.68. The van der Waals surface area contributed by atoms with Gasteiger partial charge >= 0.3 is 6.18 Å². The van der Waals surface area contributed by atoms with Gasteiger partial charge in [-0.2, -0.15) is 18.3 Å². The van der Waals surface area contributed by atoms with Gasteiger partial charge in [-0.3, -0.25) is 0 Å². The fourth-order valence-corrected chi connectivity index (χ4v) is 5.25. The van der Waals surface area contributed by atoms with Crippen LogP contribution in [0.4, 0.5) is 13.2 Å². The number of hydrogen-bond donors (Lipinski definition) is 0. The third-order valence-electron chi connectivity index (χ3n) is 5.71. The first-order valence-corrected chi connectivity index (χ1v) is 12.8. The Morgan fingerprint density at radius 1 is 1.03 bits per heavy atom. The summed E-state index contributed by atoms with van der Waals surface area (Å²) >= 11 is 16.9. The smallest absolute Gasteiger partial charge is 0.403 e. The molecule has 2 aromatic carbocycles. The van der Waals surface area contributed by atoms with Crippen molar-refractivity contribution < 1.29 is 22.1 Å². The maximum atomic E-state index is 13.6. The fraction of sp³-hybridized carbons (Fsp3) is 0.227. The molecule has 1 aliphatic rings. The molecular formula is C22H14Cl3F3N4O2S. The molecule has 1 saturated carbocycles. The highest BCUT2D eigenvalue weighted by molar-refractivity contribution is 7.91. The summed E-state index contributed by atoms with van der Waals surface area (Å²) in [5.41, 5.74) is -0.826. The predicted octanol–water partition coefficient (Wildman–Crippen LogP) is 6.88. The highest BCUT2D eigenvalue weighted by atomic mass is 35.5. The summed E-state index contributed by atoms with van der Waals surface area (Å²) in [6.45, 7) is 0. The maximum absolute atomic E-state index is 13.6. The van der Waals surface area contributed by atoms with E-state index in [4.69, 9.17) is 39.2 Å². The van der Waals surface area contributed by atoms with E-state index >= 15 is 0 Å². The van der Waals surface area contributed by atoms with Crippen LogP contribution < -0.4 is 0 Å². The van der Waals surface area contributed by atoms with E-state index in [1.165, 1.54) is 17.0 Å². The van der Waals surface area contributed by atoms with Crippen molar-refractivity contribution in [1.29, 1.82) is 0 Å². The molecule has 6 nitrogen and oxygen atoms in total. The van der Waals surface area contributed by atoms with Crippen molar-refractivity contribution in [2.45, 2.75) is 29.3 Å². The van der Waals surface area contributed by atoms with Crippen molar-refractivity contribution in [3.8, 4) is 28.5 Å². The number of rotatable bonds is 5. The Hall–Kier alpha value is -2.24. The normalized spacial score (nSPS) is 15.9. The molecule has 13 heteroatoms. The van der Waals surface area contributed by atoms with Crippen LogP contribution in [0.2, 0.25) is 15.1 Å². The molecule has 1 aliphatic carbocycles. The second-order valence-corrected chi connectivity index (χ2v) is 10.6. The standard InChI is InChI=1S/C22H14Cl3F3N4O2S/c1-35(33)18-16(19-29-30-20(34-19)21(8-9-21)22(26,27)28)31-32(15-7-6-13(24)10-14(15)25)17(18)11-2-4-12(23)5-3-11/h2-7,10H,8-9H2,1H3. The Kier molecular flexibility index (Phi) is 6.08. The van der Waals surface area contributed by atoms with Gasteiger partial charge in [0.2, 0.25) is 16.5 Å². The summed E-state index contributed by atoms with van der Waals surface area (Å²) < 4.78 is 60.7. The van der Waals surface area contributed by atoms with Gasteiger partial charge in [-0.25, -0.2) is 4.68 Å². The molecule has 0 N–H and O–H groups in total. The van der Waals surface area contributed by atoms with Crippen LogP contribution in [0, 0.1) is 0 Å². The monoisotopic (exact) mass is 560 g/mol. The first-order chi connectivity index (χ1) is 16.5. The van der Waals surface area contributed by atoms with E-state index in [2.05, 4.69) is 15.3 Å². The van der Waals surface area contributed by atoms with Crippen molar-refractivity contribution in [3.63, 3.8) is 0 Å². The van der Waals surface area contributed by atoms with Crippen LogP contribution in [0.15, 0.2) is 51.8 Å². The molecule has 1 atom stereocenters. The van der Waals surface area contributed by atoms with Crippen molar-refractivity contribution in [2.24, 2.45) is 0 Å². The van der Waals surface area contributed by atoms with E-state index in [9.17, 15) is 17.7 Å². The molecule has 5 rings (SSSR count). The van der Waals surface area contributed by atoms with Gasteiger partial charge in [0, 0.05) is 15.6 Å². The van der Waals surface area contributed by atoms with E-state index in [1.807, 2.05) is 0 Å². The topological polar surface area (TPSA) is 79.8 Å². The summed E-state index contributed by atoms with van der Waals surface area (Å²) in [5.74, 6) is -0.820. The zero-order chi connectivity index (χ0) is 25.1. The Labute approximate surface area is 215 Å². The fourth-order valence-electron chi connectivity index (χ4n) is 3.76. The summed E-state index contributed by atoms with van der Waals surface area (Å²) in [6, 6.07) is 11.4. The van der Waals surface area contributed by atoms with Crippen LogP contribution in [0.5, 0.6) is 0 Å². The molecule has 2 aromatic heterocycles. The molecule has 2 heterocycles. The highest BCUT2D eigenvalue weighted by Crippen LogP contribution is 2.58. The van der Waals surface area contributed by atoms with E-state index in [-0.39, 0.29) is 34.3 Å². The van der Waals surface area contributed by atoms with Crippen LogP contribution in [0.1, 0.15) is 18.7 Å². The SMILES string of the molecule is C[S+]([O-])c1c(-c2nnc(C3(C(F)(F)F)CC3)o2)nn(-c2ccc(Cl)cc2Cl)c1-c1ccc(Cl)cc1. The van der Waals surface area contributed by atoms with E-state index in [1.54, 1.807) is 36.4 Å². The minimum atomic E-state index is -4.53. The Bertz CT molecular complexity index is 1420. The first-order valence-electron chi connectivity index (χ1n) is 10.1. The summed E-state index contributed by atoms with van der Waals surface area (Å²) in [7, 11) is 0. The van der Waals surface area contributed by atoms with Gasteiger partial charge < -0.3 is 8.97 Å². The molecule has 0 amide bonds. The van der Waals surface area contributed by atoms with Crippen LogP contribution in [-0.2, 0) is 16.6 Å². The lowest BCUT2D eigenvalue weighted by Crippen LogP contribution is -2.28. The van der Waals surface area contributed by atoms with Crippen LogP contribution >= 0.6 is 34.8 Å². The van der Waals surface area contributed by atoms with E-state index < -0.39 is 28.7 Å². The maximum Gasteiger partial charge on any atom is 0.403 e. The molecule has 1 fully saturated rings. The van der Waals surface area contributed by atoms with Crippen molar-refractivity contribution >= 4 is 46.0 Å². The van der Waals surface area contributed by atoms with Gasteiger partial charge in [-0.05, 0) is 54.3 Å². The lowest BCUT2D eigenvalue weighted by Gasteiger charge is -2.14. The Balaban J connectivity index is 1.75. The van der Waals surface area contributed by atoms with Crippen LogP contribution in [-0.4, -0.2) is 37.0 Å². The summed E-state index contributed by atoms with van der Waals surface area (Å²) in [4.78, 5) is 0.186. The molecular weight excluding hydrogens is 548 g/mol. The molecule has 0 spiro atoms. The second-order valence-electron chi connectivity index (χ2n) is 7.99. The predicted molar refractivity (Wildman–Crippen MR) is 127 cm³/mol. The molecule has 0 aliphatic heterocycles. The molecule has 35 heavy (non-hydrogen) atoms. The molecule has 0 bridgehead atoms. The third kappa shape index (κ3) is 4.21. The number of nitrogens with zero attached hydrogens (tertiary/aromatic N) is 4. The van der Waals surface area contributed by atoms with Crippen LogP contribution in [0.25, 0.3) is 28.5 Å². The van der Waals surface area contributed by atoms with Gasteiger partial charge in [0.25, 0.3) is 5.89 Å².